The molecule has 21 heavy (non-hydrogen) atoms. The van der Waals surface area contributed by atoms with Crippen LogP contribution in [0.25, 0.3) is 0 Å². The van der Waals surface area contributed by atoms with E-state index in [9.17, 15) is 17.6 Å². The first kappa shape index (κ1) is 15.8. The van der Waals surface area contributed by atoms with E-state index in [4.69, 9.17) is 5.26 Å². The van der Waals surface area contributed by atoms with Gasteiger partial charge < -0.3 is 0 Å². The quantitative estimate of drug-likeness (QED) is 0.653. The first-order valence-corrected chi connectivity index (χ1v) is 7.33. The molecule has 1 atom stereocenters. The van der Waals surface area contributed by atoms with Crippen LogP contribution in [-0.4, -0.2) is 6.18 Å². The van der Waals surface area contributed by atoms with Crippen LogP contribution in [-0.2, 0) is 0 Å². The van der Waals surface area contributed by atoms with Gasteiger partial charge in [-0.05, 0) is 35.7 Å². The van der Waals surface area contributed by atoms with Gasteiger partial charge in [-0.15, -0.1) is 11.3 Å². The molecule has 1 N–H and O–H groups in total. The van der Waals surface area contributed by atoms with Crippen LogP contribution >= 0.6 is 23.3 Å². The number of nitrogens with one attached hydrogen (secondary N) is 1. The Morgan fingerprint density at radius 1 is 1.24 bits per heavy atom. The zero-order chi connectivity index (χ0) is 15.5. The number of rotatable bonds is 4. The molecule has 1 aromatic carbocycles. The summed E-state index contributed by atoms with van der Waals surface area (Å²) in [5.74, 6) is -0.594. The molecule has 1 unspecified atom stereocenters. The van der Waals surface area contributed by atoms with Crippen molar-refractivity contribution in [1.82, 2.24) is 4.72 Å². The van der Waals surface area contributed by atoms with Crippen molar-refractivity contribution in [3.8, 4) is 6.07 Å². The second-order valence-electron chi connectivity index (χ2n) is 4.00. The average Bonchev–Trinajstić information content (AvgIpc) is 2.87. The van der Waals surface area contributed by atoms with E-state index in [1.165, 1.54) is 6.07 Å². The van der Waals surface area contributed by atoms with Crippen LogP contribution in [0.5, 0.6) is 0 Å². The molecule has 0 saturated carbocycles. The van der Waals surface area contributed by atoms with Gasteiger partial charge in [-0.2, -0.15) is 18.4 Å². The summed E-state index contributed by atoms with van der Waals surface area (Å²) in [6, 6.07) is 5.65. The highest BCUT2D eigenvalue weighted by Gasteiger charge is 2.40. The second kappa shape index (κ2) is 6.47. The number of hydrogen-bond acceptors (Lipinski definition) is 4. The molecule has 8 heteroatoms. The van der Waals surface area contributed by atoms with E-state index in [0.29, 0.717) is 9.77 Å². The van der Waals surface area contributed by atoms with Crippen LogP contribution < -0.4 is 4.72 Å². The van der Waals surface area contributed by atoms with Gasteiger partial charge in [-0.3, -0.25) is 0 Å². The zero-order valence-electron chi connectivity index (χ0n) is 10.3. The Morgan fingerprint density at radius 2 is 1.90 bits per heavy atom. The standard InChI is InChI=1S/C13H8F4N2S2/c14-9-3-1-8(2-4-9)12(13(15,16)17)19-21-11-5-10(6-18)20-7-11/h1-5,7,12,19H. The Hall–Kier alpha value is -1.56. The van der Waals surface area contributed by atoms with E-state index >= 15 is 0 Å². The summed E-state index contributed by atoms with van der Waals surface area (Å²) < 4.78 is 54.3. The predicted octanol–water partition coefficient (Wildman–Crippen LogP) is 4.66. The molecule has 110 valence electrons. The van der Waals surface area contributed by atoms with Crippen molar-refractivity contribution in [3.63, 3.8) is 0 Å². The first-order valence-electron chi connectivity index (χ1n) is 5.63. The summed E-state index contributed by atoms with van der Waals surface area (Å²) in [4.78, 5) is 0.942. The average molecular weight is 332 g/mol. The lowest BCUT2D eigenvalue weighted by Gasteiger charge is -2.21. The SMILES string of the molecule is N#Cc1cc(SNC(c2ccc(F)cc2)C(F)(F)F)cs1. The molecular formula is C13H8F4N2S2. The molecule has 0 radical (unpaired) electrons. The van der Waals surface area contributed by atoms with Gasteiger partial charge in [0.2, 0.25) is 0 Å². The minimum Gasteiger partial charge on any atom is -0.244 e. The largest absolute Gasteiger partial charge is 0.408 e. The summed E-state index contributed by atoms with van der Waals surface area (Å²) in [6.45, 7) is 0. The van der Waals surface area contributed by atoms with Gasteiger partial charge in [0.25, 0.3) is 0 Å². The van der Waals surface area contributed by atoms with Gasteiger partial charge >= 0.3 is 6.18 Å². The molecular weight excluding hydrogens is 324 g/mol. The second-order valence-corrected chi connectivity index (χ2v) is 5.83. The Morgan fingerprint density at radius 3 is 2.43 bits per heavy atom. The summed E-state index contributed by atoms with van der Waals surface area (Å²) in [7, 11) is 0. The fraction of sp³-hybridized carbons (Fsp3) is 0.154. The minimum absolute atomic E-state index is 0.0767. The van der Waals surface area contributed by atoms with Crippen molar-refractivity contribution in [2.24, 2.45) is 0 Å². The highest BCUT2D eigenvalue weighted by Crippen LogP contribution is 2.36. The lowest BCUT2D eigenvalue weighted by atomic mass is 10.1. The topological polar surface area (TPSA) is 35.8 Å². The Kier molecular flexibility index (Phi) is 4.88. The number of benzene rings is 1. The molecule has 0 fully saturated rings. The molecule has 0 amide bonds. The molecule has 0 aliphatic heterocycles. The maximum Gasteiger partial charge on any atom is 0.408 e. The maximum atomic E-state index is 13.1. The van der Waals surface area contributed by atoms with Crippen molar-refractivity contribution >= 4 is 23.3 Å². The number of halogens is 4. The van der Waals surface area contributed by atoms with Gasteiger partial charge in [0.1, 0.15) is 22.8 Å². The lowest BCUT2D eigenvalue weighted by Crippen LogP contribution is -2.30. The van der Waals surface area contributed by atoms with E-state index in [2.05, 4.69) is 4.72 Å². The smallest absolute Gasteiger partial charge is 0.244 e. The monoisotopic (exact) mass is 332 g/mol. The first-order chi connectivity index (χ1) is 9.90. The third-order valence-electron chi connectivity index (χ3n) is 2.51. The summed E-state index contributed by atoms with van der Waals surface area (Å²) in [5.41, 5.74) is -0.0767. The molecule has 2 nitrogen and oxygen atoms in total. The van der Waals surface area contributed by atoms with E-state index in [1.54, 1.807) is 5.38 Å². The normalized spacial score (nSPS) is 12.9. The van der Waals surface area contributed by atoms with E-state index in [0.717, 1.165) is 47.6 Å². The number of alkyl halides is 3. The van der Waals surface area contributed by atoms with E-state index in [-0.39, 0.29) is 5.56 Å². The summed E-state index contributed by atoms with van der Waals surface area (Å²) in [6.07, 6.45) is -4.51. The molecule has 0 spiro atoms. The number of hydrogen-bond donors (Lipinski definition) is 1. The zero-order valence-corrected chi connectivity index (χ0v) is 12.0. The van der Waals surface area contributed by atoms with Crippen molar-refractivity contribution in [3.05, 3.63) is 52.0 Å². The Balaban J connectivity index is 2.14. The van der Waals surface area contributed by atoms with Crippen molar-refractivity contribution in [2.75, 3.05) is 0 Å². The van der Waals surface area contributed by atoms with Gasteiger partial charge in [0.15, 0.2) is 0 Å². The fourth-order valence-electron chi connectivity index (χ4n) is 1.54. The third-order valence-corrected chi connectivity index (χ3v) is 4.32. The number of nitrogens with zero attached hydrogens (tertiary/aromatic N) is 1. The van der Waals surface area contributed by atoms with Crippen molar-refractivity contribution in [2.45, 2.75) is 17.1 Å². The van der Waals surface area contributed by atoms with Crippen LogP contribution in [0, 0.1) is 17.1 Å². The molecule has 0 saturated heterocycles. The molecule has 0 aliphatic carbocycles. The van der Waals surface area contributed by atoms with Crippen LogP contribution in [0.2, 0.25) is 0 Å². The molecule has 0 aliphatic rings. The van der Waals surface area contributed by atoms with E-state index < -0.39 is 18.0 Å². The van der Waals surface area contributed by atoms with Crippen LogP contribution in [0.1, 0.15) is 16.5 Å². The molecule has 0 bridgehead atoms. The minimum atomic E-state index is -4.51. The predicted molar refractivity (Wildman–Crippen MR) is 73.2 cm³/mol. The fourth-order valence-corrected chi connectivity index (χ4v) is 3.21. The Bertz CT molecular complexity index is 643. The van der Waals surface area contributed by atoms with Crippen molar-refractivity contribution < 1.29 is 17.6 Å². The molecule has 2 rings (SSSR count). The van der Waals surface area contributed by atoms with Crippen LogP contribution in [0.3, 0.4) is 0 Å². The number of nitriles is 1. The molecule has 2 aromatic rings. The highest BCUT2D eigenvalue weighted by atomic mass is 32.2. The molecule has 1 aromatic heterocycles. The Labute approximate surface area is 126 Å². The molecule has 1 heterocycles. The van der Waals surface area contributed by atoms with Gasteiger partial charge in [0.05, 0.1) is 0 Å². The van der Waals surface area contributed by atoms with Crippen molar-refractivity contribution in [1.29, 1.82) is 5.26 Å². The van der Waals surface area contributed by atoms with Crippen LogP contribution in [0.15, 0.2) is 40.6 Å². The van der Waals surface area contributed by atoms with Gasteiger partial charge in [0, 0.05) is 10.3 Å². The van der Waals surface area contributed by atoms with Crippen LogP contribution in [0.4, 0.5) is 17.6 Å². The summed E-state index contributed by atoms with van der Waals surface area (Å²) >= 11 is 1.94. The van der Waals surface area contributed by atoms with E-state index in [1.807, 2.05) is 6.07 Å². The third kappa shape index (κ3) is 4.20. The van der Waals surface area contributed by atoms with Gasteiger partial charge in [-0.25, -0.2) is 9.11 Å². The summed E-state index contributed by atoms with van der Waals surface area (Å²) in [5, 5.41) is 10.3. The number of thiophene rings is 1. The maximum absolute atomic E-state index is 13.1. The lowest BCUT2D eigenvalue weighted by molar-refractivity contribution is -0.152. The highest BCUT2D eigenvalue weighted by molar-refractivity contribution is 7.97. The van der Waals surface area contributed by atoms with Gasteiger partial charge in [-0.1, -0.05) is 12.1 Å².